The predicted molar refractivity (Wildman–Crippen MR) is 124 cm³/mol. The van der Waals surface area contributed by atoms with Gasteiger partial charge in [-0.25, -0.2) is 0 Å². The van der Waals surface area contributed by atoms with Gasteiger partial charge in [-0.2, -0.15) is 0 Å². The zero-order chi connectivity index (χ0) is 21.6. The van der Waals surface area contributed by atoms with Crippen LogP contribution < -0.4 is 10.6 Å². The van der Waals surface area contributed by atoms with Gasteiger partial charge < -0.3 is 15.6 Å². The van der Waals surface area contributed by atoms with Gasteiger partial charge in [0.1, 0.15) is 6.04 Å². The normalized spacial score (nSPS) is 12.0. The average Bonchev–Trinajstić information content (AvgIpc) is 3.23. The molecule has 6 nitrogen and oxygen atoms in total. The number of aromatic nitrogens is 2. The summed E-state index contributed by atoms with van der Waals surface area (Å²) in [5.74, 6) is -0.493. The number of amides is 2. The lowest BCUT2D eigenvalue weighted by atomic mass is 10.1. The number of benzene rings is 2. The molecule has 158 valence electrons. The number of H-pyrrole nitrogens is 1. The molecule has 2 aromatic heterocycles. The molecule has 4 aromatic rings. The summed E-state index contributed by atoms with van der Waals surface area (Å²) in [6.45, 7) is 2.11. The van der Waals surface area contributed by atoms with E-state index in [0.29, 0.717) is 17.7 Å². The number of nitrogens with one attached hydrogen (secondary N) is 3. The van der Waals surface area contributed by atoms with E-state index in [9.17, 15) is 9.59 Å². The van der Waals surface area contributed by atoms with Crippen molar-refractivity contribution in [3.63, 3.8) is 0 Å². The van der Waals surface area contributed by atoms with Gasteiger partial charge in [-0.05, 0) is 24.6 Å². The van der Waals surface area contributed by atoms with Crippen LogP contribution in [0.25, 0.3) is 21.8 Å². The highest BCUT2D eigenvalue weighted by molar-refractivity contribution is 6.09. The minimum atomic E-state index is -0.633. The maximum atomic E-state index is 13.2. The van der Waals surface area contributed by atoms with Gasteiger partial charge in [0.25, 0.3) is 5.91 Å². The molecule has 0 fully saturated rings. The van der Waals surface area contributed by atoms with Gasteiger partial charge in [0.15, 0.2) is 0 Å². The number of rotatable bonds is 8. The average molecular weight is 415 g/mol. The quantitative estimate of drug-likeness (QED) is 0.353. The second-order valence-electron chi connectivity index (χ2n) is 7.64. The van der Waals surface area contributed by atoms with Crippen molar-refractivity contribution in [1.82, 2.24) is 15.3 Å². The van der Waals surface area contributed by atoms with Crippen molar-refractivity contribution < 1.29 is 9.59 Å². The molecule has 0 aliphatic heterocycles. The Kier molecular flexibility index (Phi) is 6.26. The molecular weight excluding hydrogens is 388 g/mol. The van der Waals surface area contributed by atoms with E-state index in [-0.39, 0.29) is 11.8 Å². The van der Waals surface area contributed by atoms with Gasteiger partial charge in [-0.3, -0.25) is 14.6 Å². The summed E-state index contributed by atoms with van der Waals surface area (Å²) >= 11 is 0. The molecule has 1 unspecified atom stereocenters. The molecule has 0 aliphatic rings. The molecule has 0 saturated heterocycles. The summed E-state index contributed by atoms with van der Waals surface area (Å²) in [7, 11) is 0. The van der Waals surface area contributed by atoms with Crippen molar-refractivity contribution in [3.05, 3.63) is 72.6 Å². The number of carbonyl (C=O) groups excluding carboxylic acids is 2. The zero-order valence-electron chi connectivity index (χ0n) is 17.5. The molecule has 1 atom stereocenters. The van der Waals surface area contributed by atoms with E-state index in [1.54, 1.807) is 12.4 Å². The number of anilines is 1. The molecule has 2 aromatic carbocycles. The fourth-order valence-electron chi connectivity index (χ4n) is 3.79. The maximum absolute atomic E-state index is 13.2. The van der Waals surface area contributed by atoms with Crippen molar-refractivity contribution in [2.45, 2.75) is 38.6 Å². The van der Waals surface area contributed by atoms with Crippen molar-refractivity contribution >= 4 is 39.3 Å². The second kappa shape index (κ2) is 9.43. The Morgan fingerprint density at radius 2 is 1.87 bits per heavy atom. The maximum Gasteiger partial charge on any atom is 0.254 e. The number of carbonyl (C=O) groups is 2. The summed E-state index contributed by atoms with van der Waals surface area (Å²) in [6.07, 6.45) is 6.87. The third kappa shape index (κ3) is 4.58. The zero-order valence-corrected chi connectivity index (χ0v) is 17.5. The first kappa shape index (κ1) is 20.6. The fourth-order valence-corrected chi connectivity index (χ4v) is 3.79. The molecule has 0 radical (unpaired) electrons. The fraction of sp³-hybridized carbons (Fsp3) is 0.240. The number of aromatic amines is 1. The summed E-state index contributed by atoms with van der Waals surface area (Å²) in [4.78, 5) is 33.7. The molecule has 0 spiro atoms. The van der Waals surface area contributed by atoms with Gasteiger partial charge in [-0.1, -0.05) is 62.6 Å². The molecule has 3 N–H and O–H groups in total. The van der Waals surface area contributed by atoms with E-state index in [2.05, 4.69) is 27.5 Å². The van der Waals surface area contributed by atoms with E-state index in [0.717, 1.165) is 41.1 Å². The summed E-state index contributed by atoms with van der Waals surface area (Å²) < 4.78 is 0. The largest absolute Gasteiger partial charge is 0.360 e. The highest BCUT2D eigenvalue weighted by Gasteiger charge is 2.23. The van der Waals surface area contributed by atoms with Crippen molar-refractivity contribution in [2.75, 3.05) is 5.32 Å². The van der Waals surface area contributed by atoms with Gasteiger partial charge in [0, 0.05) is 28.7 Å². The Morgan fingerprint density at radius 1 is 1.03 bits per heavy atom. The third-order valence-electron chi connectivity index (χ3n) is 5.44. The molecular formula is C25H26N4O2. The minimum absolute atomic E-state index is 0.234. The van der Waals surface area contributed by atoms with E-state index >= 15 is 0 Å². The number of pyridine rings is 1. The topological polar surface area (TPSA) is 86.9 Å². The highest BCUT2D eigenvalue weighted by atomic mass is 16.2. The predicted octanol–water partition coefficient (Wildman–Crippen LogP) is 5.03. The van der Waals surface area contributed by atoms with Gasteiger partial charge in [-0.15, -0.1) is 0 Å². The number of fused-ring (bicyclic) bond motifs is 2. The van der Waals surface area contributed by atoms with Gasteiger partial charge in [0.2, 0.25) is 5.91 Å². The first-order valence-corrected chi connectivity index (χ1v) is 10.7. The van der Waals surface area contributed by atoms with Crippen molar-refractivity contribution in [3.8, 4) is 0 Å². The van der Waals surface area contributed by atoms with Crippen LogP contribution in [-0.4, -0.2) is 27.8 Å². The molecule has 0 aliphatic carbocycles. The van der Waals surface area contributed by atoms with Crippen LogP contribution >= 0.6 is 0 Å². The smallest absolute Gasteiger partial charge is 0.254 e. The van der Waals surface area contributed by atoms with E-state index in [1.165, 1.54) is 0 Å². The summed E-state index contributed by atoms with van der Waals surface area (Å²) in [6, 6.07) is 16.5. The number of hydrogen-bond acceptors (Lipinski definition) is 3. The van der Waals surface area contributed by atoms with Crippen molar-refractivity contribution in [2.24, 2.45) is 0 Å². The standard InChI is InChI=1S/C25H26N4O2/c1-2-3-4-13-22(29-24(30)19-16-27-20-12-6-5-11-18(19)20)25(31)28-21-14-7-9-17-10-8-15-26-23(17)21/h5-12,14-16,22,27H,2-4,13H2,1H3,(H,28,31)(H,29,30). The van der Waals surface area contributed by atoms with Gasteiger partial charge in [0.05, 0.1) is 16.8 Å². The Hall–Kier alpha value is -3.67. The first-order chi connectivity index (χ1) is 15.2. The Bertz CT molecular complexity index is 1210. The lowest BCUT2D eigenvalue weighted by Gasteiger charge is -2.19. The van der Waals surface area contributed by atoms with Crippen LogP contribution in [0.5, 0.6) is 0 Å². The molecule has 2 heterocycles. The number of unbranched alkanes of at least 4 members (excludes halogenated alkanes) is 2. The molecule has 6 heteroatoms. The summed E-state index contributed by atoms with van der Waals surface area (Å²) in [5.41, 5.74) is 2.80. The van der Waals surface area contributed by atoms with E-state index < -0.39 is 6.04 Å². The van der Waals surface area contributed by atoms with E-state index in [1.807, 2.05) is 54.6 Å². The molecule has 0 bridgehead atoms. The van der Waals surface area contributed by atoms with Crippen molar-refractivity contribution in [1.29, 1.82) is 0 Å². The Morgan fingerprint density at radius 3 is 2.74 bits per heavy atom. The Labute approximate surface area is 181 Å². The minimum Gasteiger partial charge on any atom is -0.360 e. The van der Waals surface area contributed by atoms with E-state index in [4.69, 9.17) is 0 Å². The lowest BCUT2D eigenvalue weighted by Crippen LogP contribution is -2.43. The van der Waals surface area contributed by atoms with Crippen LogP contribution in [0.4, 0.5) is 5.69 Å². The van der Waals surface area contributed by atoms with Crippen LogP contribution in [0.3, 0.4) is 0 Å². The number of hydrogen-bond donors (Lipinski definition) is 3. The third-order valence-corrected chi connectivity index (χ3v) is 5.44. The lowest BCUT2D eigenvalue weighted by molar-refractivity contribution is -0.118. The van der Waals surface area contributed by atoms with Gasteiger partial charge >= 0.3 is 0 Å². The first-order valence-electron chi connectivity index (χ1n) is 10.7. The van der Waals surface area contributed by atoms with Crippen LogP contribution in [0.1, 0.15) is 43.0 Å². The molecule has 0 saturated carbocycles. The summed E-state index contributed by atoms with van der Waals surface area (Å²) in [5, 5.41) is 7.71. The Balaban J connectivity index is 1.55. The van der Waals surface area contributed by atoms with Crippen LogP contribution in [0, 0.1) is 0 Å². The second-order valence-corrected chi connectivity index (χ2v) is 7.64. The van der Waals surface area contributed by atoms with Crippen LogP contribution in [-0.2, 0) is 4.79 Å². The monoisotopic (exact) mass is 414 g/mol. The SMILES string of the molecule is CCCCCC(NC(=O)c1c[nH]c2ccccc12)C(=O)Nc1cccc2cccnc12. The molecule has 2 amide bonds. The van der Waals surface area contributed by atoms with Crippen LogP contribution in [0.2, 0.25) is 0 Å². The molecule has 4 rings (SSSR count). The highest BCUT2D eigenvalue weighted by Crippen LogP contribution is 2.22. The van der Waals surface area contributed by atoms with Crippen LogP contribution in [0.15, 0.2) is 67.0 Å². The number of nitrogens with zero attached hydrogens (tertiary/aromatic N) is 1. The molecule has 31 heavy (non-hydrogen) atoms. The number of para-hydroxylation sites is 2.